The van der Waals surface area contributed by atoms with Gasteiger partial charge in [-0.15, -0.1) is 10.2 Å². The van der Waals surface area contributed by atoms with Crippen LogP contribution in [0, 0.1) is 0 Å². The molecule has 0 bridgehead atoms. The summed E-state index contributed by atoms with van der Waals surface area (Å²) in [6.07, 6.45) is 0. The van der Waals surface area contributed by atoms with Gasteiger partial charge in [-0.3, -0.25) is 4.79 Å². The number of rotatable bonds is 9. The number of carbonyl (C=O) groups excluding carboxylic acids is 2. The number of nitrogens with one attached hydrogen (secondary N) is 1. The van der Waals surface area contributed by atoms with Gasteiger partial charge in [0.1, 0.15) is 5.75 Å². The first-order valence-corrected chi connectivity index (χ1v) is 10.8. The Morgan fingerprint density at radius 1 is 1.10 bits per heavy atom. The highest BCUT2D eigenvalue weighted by molar-refractivity contribution is 7.99. The molecule has 1 heterocycles. The minimum atomic E-state index is -0.423. The molecule has 0 aliphatic rings. The fourth-order valence-electron chi connectivity index (χ4n) is 2.97. The number of thioether (sulfide) groups is 1. The molecule has 162 valence electrons. The maximum absolute atomic E-state index is 12.4. The lowest BCUT2D eigenvalue weighted by Crippen LogP contribution is -2.15. The molecule has 1 amide bonds. The molecule has 9 heteroatoms. The molecule has 1 aromatic heterocycles. The summed E-state index contributed by atoms with van der Waals surface area (Å²) in [6.45, 7) is 4.68. The number of hydrogen-bond donors (Lipinski definition) is 1. The maximum atomic E-state index is 12.4. The fraction of sp³-hybridized carbons (Fsp3) is 0.273. The van der Waals surface area contributed by atoms with Crippen LogP contribution in [-0.2, 0) is 16.1 Å². The molecule has 0 radical (unpaired) electrons. The lowest BCUT2D eigenvalue weighted by molar-refractivity contribution is -0.113. The lowest BCUT2D eigenvalue weighted by atomic mass is 10.2. The molecule has 0 aliphatic carbocycles. The highest BCUT2D eigenvalue weighted by atomic mass is 32.2. The van der Waals surface area contributed by atoms with Crippen molar-refractivity contribution in [3.63, 3.8) is 0 Å². The summed E-state index contributed by atoms with van der Waals surface area (Å²) >= 11 is 1.29. The average Bonchev–Trinajstić information content (AvgIpc) is 3.20. The first kappa shape index (κ1) is 22.4. The number of hydrogen-bond acceptors (Lipinski definition) is 7. The topological polar surface area (TPSA) is 95.3 Å². The Hall–Kier alpha value is -3.33. The van der Waals surface area contributed by atoms with Crippen molar-refractivity contribution in [2.75, 3.05) is 24.8 Å². The zero-order valence-electron chi connectivity index (χ0n) is 17.6. The Morgan fingerprint density at radius 2 is 1.90 bits per heavy atom. The Labute approximate surface area is 185 Å². The average molecular weight is 441 g/mol. The van der Waals surface area contributed by atoms with Crippen LogP contribution < -0.4 is 10.1 Å². The van der Waals surface area contributed by atoms with Gasteiger partial charge < -0.3 is 19.4 Å². The van der Waals surface area contributed by atoms with E-state index in [0.29, 0.717) is 41.1 Å². The van der Waals surface area contributed by atoms with Crippen LogP contribution in [0.5, 0.6) is 5.75 Å². The largest absolute Gasteiger partial charge is 0.496 e. The number of aromatic nitrogens is 3. The van der Waals surface area contributed by atoms with Gasteiger partial charge in [0, 0.05) is 12.2 Å². The summed E-state index contributed by atoms with van der Waals surface area (Å²) < 4.78 is 12.4. The van der Waals surface area contributed by atoms with E-state index in [1.807, 2.05) is 35.8 Å². The van der Waals surface area contributed by atoms with Crippen molar-refractivity contribution in [1.82, 2.24) is 14.8 Å². The number of esters is 1. The summed E-state index contributed by atoms with van der Waals surface area (Å²) in [4.78, 5) is 24.3. The van der Waals surface area contributed by atoms with E-state index in [-0.39, 0.29) is 11.7 Å². The number of amides is 1. The number of carbonyl (C=O) groups is 2. The van der Waals surface area contributed by atoms with Crippen LogP contribution in [0.3, 0.4) is 0 Å². The Balaban J connectivity index is 1.68. The van der Waals surface area contributed by atoms with Gasteiger partial charge in [-0.25, -0.2) is 4.79 Å². The molecule has 8 nitrogen and oxygen atoms in total. The molecule has 3 aromatic rings. The Bertz CT molecular complexity index is 1070. The maximum Gasteiger partial charge on any atom is 0.338 e. The molecule has 31 heavy (non-hydrogen) atoms. The second-order valence-electron chi connectivity index (χ2n) is 6.39. The van der Waals surface area contributed by atoms with E-state index in [1.54, 1.807) is 38.3 Å². The summed E-state index contributed by atoms with van der Waals surface area (Å²) in [6, 6.07) is 14.3. The van der Waals surface area contributed by atoms with Crippen molar-refractivity contribution in [3.8, 4) is 17.1 Å². The number of benzene rings is 2. The van der Waals surface area contributed by atoms with Gasteiger partial charge in [0.25, 0.3) is 0 Å². The Morgan fingerprint density at radius 3 is 2.65 bits per heavy atom. The van der Waals surface area contributed by atoms with E-state index in [1.165, 1.54) is 11.8 Å². The standard InChI is InChI=1S/C22H24N4O4S/c1-4-26-20(17-11-6-7-12-18(17)29-3)24-25-22(26)31-14-19(27)23-16-10-8-9-15(13-16)21(28)30-5-2/h6-13H,4-5,14H2,1-3H3,(H,23,27). The van der Waals surface area contributed by atoms with Gasteiger partial charge in [0.15, 0.2) is 11.0 Å². The highest BCUT2D eigenvalue weighted by Crippen LogP contribution is 2.30. The predicted molar refractivity (Wildman–Crippen MR) is 119 cm³/mol. The number of para-hydroxylation sites is 1. The van der Waals surface area contributed by atoms with Crippen LogP contribution in [-0.4, -0.2) is 46.1 Å². The van der Waals surface area contributed by atoms with E-state index < -0.39 is 5.97 Å². The smallest absolute Gasteiger partial charge is 0.338 e. The first-order chi connectivity index (χ1) is 15.1. The van der Waals surface area contributed by atoms with Gasteiger partial charge in [-0.1, -0.05) is 30.0 Å². The molecule has 0 spiro atoms. The highest BCUT2D eigenvalue weighted by Gasteiger charge is 2.17. The minimum absolute atomic E-state index is 0.147. The van der Waals surface area contributed by atoms with Crippen LogP contribution in [0.15, 0.2) is 53.7 Å². The van der Waals surface area contributed by atoms with E-state index in [9.17, 15) is 9.59 Å². The zero-order valence-corrected chi connectivity index (χ0v) is 18.4. The Kier molecular flexibility index (Phi) is 7.66. The van der Waals surface area contributed by atoms with Crippen molar-refractivity contribution < 1.29 is 19.1 Å². The van der Waals surface area contributed by atoms with Crippen LogP contribution in [0.2, 0.25) is 0 Å². The molecule has 0 unspecified atom stereocenters. The van der Waals surface area contributed by atoms with Gasteiger partial charge in [0.2, 0.25) is 5.91 Å². The molecule has 0 atom stereocenters. The fourth-order valence-corrected chi connectivity index (χ4v) is 3.78. The molecule has 1 N–H and O–H groups in total. The van der Waals surface area contributed by atoms with E-state index in [2.05, 4.69) is 15.5 Å². The molecule has 0 fully saturated rings. The molecule has 0 aliphatic heterocycles. The summed E-state index contributed by atoms with van der Waals surface area (Å²) in [7, 11) is 1.61. The molecule has 0 saturated carbocycles. The van der Waals surface area contributed by atoms with Crippen molar-refractivity contribution in [2.45, 2.75) is 25.5 Å². The van der Waals surface area contributed by atoms with Gasteiger partial charge in [-0.2, -0.15) is 0 Å². The van der Waals surface area contributed by atoms with Crippen molar-refractivity contribution >= 4 is 29.3 Å². The van der Waals surface area contributed by atoms with Gasteiger partial charge in [0.05, 0.1) is 30.6 Å². The first-order valence-electron chi connectivity index (χ1n) is 9.83. The van der Waals surface area contributed by atoms with E-state index >= 15 is 0 Å². The molecule has 0 saturated heterocycles. The molecular formula is C22H24N4O4S. The number of methoxy groups -OCH3 is 1. The van der Waals surface area contributed by atoms with E-state index in [0.717, 1.165) is 5.56 Å². The second kappa shape index (κ2) is 10.6. The van der Waals surface area contributed by atoms with Crippen molar-refractivity contribution in [3.05, 3.63) is 54.1 Å². The molecule has 3 rings (SSSR count). The molecule has 2 aromatic carbocycles. The summed E-state index contributed by atoms with van der Waals surface area (Å²) in [5, 5.41) is 12.0. The summed E-state index contributed by atoms with van der Waals surface area (Å²) in [5.41, 5.74) is 1.76. The summed E-state index contributed by atoms with van der Waals surface area (Å²) in [5.74, 6) is 0.905. The minimum Gasteiger partial charge on any atom is -0.496 e. The van der Waals surface area contributed by atoms with E-state index in [4.69, 9.17) is 9.47 Å². The zero-order chi connectivity index (χ0) is 22.2. The van der Waals surface area contributed by atoms with Gasteiger partial charge in [-0.05, 0) is 44.2 Å². The normalized spacial score (nSPS) is 10.5. The third-order valence-electron chi connectivity index (χ3n) is 4.37. The monoisotopic (exact) mass is 440 g/mol. The number of anilines is 1. The second-order valence-corrected chi connectivity index (χ2v) is 7.33. The number of nitrogens with zero attached hydrogens (tertiary/aromatic N) is 3. The van der Waals surface area contributed by atoms with Crippen LogP contribution >= 0.6 is 11.8 Å². The quantitative estimate of drug-likeness (QED) is 0.398. The van der Waals surface area contributed by atoms with Crippen LogP contribution in [0.1, 0.15) is 24.2 Å². The third-order valence-corrected chi connectivity index (χ3v) is 5.34. The van der Waals surface area contributed by atoms with Crippen LogP contribution in [0.25, 0.3) is 11.4 Å². The lowest BCUT2D eigenvalue weighted by Gasteiger charge is -2.10. The van der Waals surface area contributed by atoms with Crippen molar-refractivity contribution in [2.24, 2.45) is 0 Å². The molecular weight excluding hydrogens is 416 g/mol. The van der Waals surface area contributed by atoms with Crippen LogP contribution in [0.4, 0.5) is 5.69 Å². The predicted octanol–water partition coefficient (Wildman–Crippen LogP) is 3.88. The SMILES string of the molecule is CCOC(=O)c1cccc(NC(=O)CSc2nnc(-c3ccccc3OC)n2CC)c1. The number of ether oxygens (including phenoxy) is 2. The third kappa shape index (κ3) is 5.43. The van der Waals surface area contributed by atoms with Crippen molar-refractivity contribution in [1.29, 1.82) is 0 Å². The van der Waals surface area contributed by atoms with Gasteiger partial charge >= 0.3 is 5.97 Å².